The molecule has 10 rings (SSSR count). The van der Waals surface area contributed by atoms with E-state index in [9.17, 15) is 121 Å². The van der Waals surface area contributed by atoms with Crippen molar-refractivity contribution in [1.82, 2.24) is 16.0 Å². The molecule has 3 N–H and O–H groups in total. The van der Waals surface area contributed by atoms with Gasteiger partial charge < -0.3 is 16.0 Å². The maximum Gasteiger partial charge on any atom is 0.346 e. The molecule has 6 aromatic rings. The van der Waals surface area contributed by atoms with Gasteiger partial charge in [0.2, 0.25) is 0 Å². The van der Waals surface area contributed by atoms with E-state index in [0.29, 0.717) is 72.8 Å². The predicted octanol–water partition coefficient (Wildman–Crippen LogP) is 7.93. The van der Waals surface area contributed by atoms with Crippen LogP contribution >= 0.6 is 0 Å². The highest BCUT2D eigenvalue weighted by Crippen LogP contribution is 2.47. The third-order valence-electron chi connectivity index (χ3n) is 14.0. The summed E-state index contributed by atoms with van der Waals surface area (Å²) in [6, 6.07) is 8.32. The minimum absolute atomic E-state index is 0.336. The number of rotatable bonds is 18. The first kappa shape index (κ1) is 58.9. The largest absolute Gasteiger partial charge is 0.372 e. The Hall–Kier alpha value is -14.3. The molecule has 3 aliphatic heterocycles. The lowest BCUT2D eigenvalue weighted by Gasteiger charge is -2.42. The molecule has 3 atom stereocenters. The lowest BCUT2D eigenvalue weighted by atomic mass is 9.84. The molecule has 0 spiro atoms. The average Bonchev–Trinajstić information content (AvgIpc) is 0.713. The van der Waals surface area contributed by atoms with Gasteiger partial charge >= 0.3 is 68.2 Å². The lowest BCUT2D eigenvalue weighted by Crippen LogP contribution is -2.53. The molecule has 0 aromatic heterocycles. The molecule has 0 radical (unpaired) electrons. The maximum absolute atomic E-state index is 12.5. The van der Waals surface area contributed by atoms with Gasteiger partial charge in [0.05, 0.1) is 111 Å². The van der Waals surface area contributed by atoms with Crippen LogP contribution in [-0.2, 0) is 0 Å². The fraction of sp³-hybridized carbons (Fsp3) is 0.0625. The van der Waals surface area contributed by atoms with Gasteiger partial charge in [0, 0.05) is 95.1 Å². The summed E-state index contributed by atoms with van der Waals surface area (Å²) in [5, 5.41) is 157. The number of nitro benzene ring substituents is 12. The number of benzene rings is 6. The quantitative estimate of drug-likeness (QED) is 0.0543. The fourth-order valence-electron chi connectivity index (χ4n) is 10.1. The normalized spacial score (nSPS) is 16.4. The summed E-state index contributed by atoms with van der Waals surface area (Å²) in [6.07, 6.45) is 0. The summed E-state index contributed by atoms with van der Waals surface area (Å²) in [5.41, 5.74) is -20.1. The molecule has 0 saturated carbocycles. The minimum Gasteiger partial charge on any atom is -0.372 e. The Kier molecular flexibility index (Phi) is 14.4. The Bertz CT molecular complexity index is 4670. The van der Waals surface area contributed by atoms with E-state index in [0.717, 1.165) is 36.4 Å². The molecular formula is C48H24N18O24. The minimum atomic E-state index is -1.80. The number of nitrogens with one attached hydrogen (secondary N) is 3. The molecule has 450 valence electrons. The SMILES string of the molecule is O=[N+]([O-])c1ccc(C2=NC3=C(NC2c2ccc([N+](=O)[O-])c([N+](=O)[O-])c2)C2=NC(c4ccc([N+](=O)[O-])c([N+](=O)[O-])c4)=C(c4ccc([N+](=O)[O-])c([N+](=O)[O-])c4)NC2C2=C3N=C(c3ccc([N+](=O)[O-])c([N+](=O)[O-])c3)C(c3ccc([N+](=O)[O-])c([N+](=O)[O-])c3)N2)cc1[N+](=O)[O-]. The van der Waals surface area contributed by atoms with Gasteiger partial charge in [-0.3, -0.25) is 121 Å². The molecule has 0 fully saturated rings. The Labute approximate surface area is 490 Å². The van der Waals surface area contributed by atoms with Crippen molar-refractivity contribution in [3.8, 4) is 0 Å². The Balaban J connectivity index is 1.37. The van der Waals surface area contributed by atoms with E-state index < -0.39 is 213 Å². The van der Waals surface area contributed by atoms with Crippen LogP contribution in [0, 0.1) is 121 Å². The van der Waals surface area contributed by atoms with Crippen LogP contribution < -0.4 is 16.0 Å². The van der Waals surface area contributed by atoms with Gasteiger partial charge in [-0.25, -0.2) is 15.0 Å². The van der Waals surface area contributed by atoms with Crippen molar-refractivity contribution in [3.63, 3.8) is 0 Å². The standard InChI is InChI=1S/C48H24N18O24/c67-55(68)25-7-1-19(13-31(25)61(79)80)37-38(20-2-8-26(56(69)70)32(14-20)62(81)82)50-44-43(49-37)45-47(53-40(22-4-10-28(58(73)74)34(16-22)64(85)86)39(51-45)21-3-9-27(57(71)72)33(15-21)63(83)84)48-46(44)52-41(23-5-11-29(59(75)76)35(17-23)65(87)88)42(54-48)24-6-12-30(60(77)78)36(18-24)66(89)90/h1-18,37,42,45,49,51,54H. The molecule has 90 heavy (non-hydrogen) atoms. The molecule has 3 heterocycles. The maximum atomic E-state index is 12.5. The number of aliphatic imine (C=N–C) groups is 3. The highest BCUT2D eigenvalue weighted by Gasteiger charge is 2.47. The molecule has 42 heteroatoms. The Morgan fingerprint density at radius 2 is 0.533 bits per heavy atom. The number of nitrogens with zero attached hydrogens (tertiary/aromatic N) is 15. The zero-order valence-electron chi connectivity index (χ0n) is 43.6. The number of fused-ring (bicyclic) bond motifs is 4. The highest BCUT2D eigenvalue weighted by atomic mass is 16.7. The van der Waals surface area contributed by atoms with Crippen molar-refractivity contribution >= 4 is 96.8 Å². The highest BCUT2D eigenvalue weighted by molar-refractivity contribution is 6.18. The summed E-state index contributed by atoms with van der Waals surface area (Å²) in [6.45, 7) is 0. The van der Waals surface area contributed by atoms with E-state index in [1.807, 2.05) is 0 Å². The first-order chi connectivity index (χ1) is 42.6. The summed E-state index contributed by atoms with van der Waals surface area (Å²) >= 11 is 0. The fourth-order valence-corrected chi connectivity index (χ4v) is 10.1. The van der Waals surface area contributed by atoms with Crippen LogP contribution in [0.25, 0.3) is 11.4 Å². The predicted molar refractivity (Wildman–Crippen MR) is 299 cm³/mol. The van der Waals surface area contributed by atoms with Crippen LogP contribution in [0.3, 0.4) is 0 Å². The smallest absolute Gasteiger partial charge is 0.346 e. The average molecular weight is 1240 g/mol. The molecule has 0 bridgehead atoms. The van der Waals surface area contributed by atoms with Gasteiger partial charge in [-0.05, 0) is 47.5 Å². The molecule has 3 unspecified atom stereocenters. The van der Waals surface area contributed by atoms with E-state index in [4.69, 9.17) is 15.0 Å². The second-order valence-corrected chi connectivity index (χ2v) is 18.8. The monoisotopic (exact) mass is 1240 g/mol. The number of hydrogen-bond acceptors (Lipinski definition) is 30. The van der Waals surface area contributed by atoms with Crippen LogP contribution in [0.2, 0.25) is 0 Å². The third kappa shape index (κ3) is 10.2. The van der Waals surface area contributed by atoms with E-state index in [1.165, 1.54) is 0 Å². The Morgan fingerprint density at radius 3 is 0.911 bits per heavy atom. The van der Waals surface area contributed by atoms with E-state index >= 15 is 0 Å². The van der Waals surface area contributed by atoms with Crippen molar-refractivity contribution in [2.24, 2.45) is 15.0 Å². The second kappa shape index (κ2) is 22.1. The van der Waals surface area contributed by atoms with Crippen LogP contribution in [0.5, 0.6) is 0 Å². The first-order valence-electron chi connectivity index (χ1n) is 24.4. The first-order valence-corrected chi connectivity index (χ1v) is 24.4. The zero-order chi connectivity index (χ0) is 65.2. The molecule has 0 amide bonds. The summed E-state index contributed by atoms with van der Waals surface area (Å²) in [5.74, 6) is 0. The molecule has 6 aromatic carbocycles. The van der Waals surface area contributed by atoms with Crippen molar-refractivity contribution < 1.29 is 59.1 Å². The van der Waals surface area contributed by atoms with Gasteiger partial charge in [0.15, 0.2) is 0 Å². The van der Waals surface area contributed by atoms with Crippen LogP contribution in [0.15, 0.2) is 147 Å². The van der Waals surface area contributed by atoms with Crippen molar-refractivity contribution in [1.29, 1.82) is 0 Å². The van der Waals surface area contributed by atoms with Gasteiger partial charge in [-0.2, -0.15) is 0 Å². The van der Waals surface area contributed by atoms with Crippen LogP contribution in [0.1, 0.15) is 45.5 Å². The lowest BCUT2D eigenvalue weighted by molar-refractivity contribution is -0.422. The van der Waals surface area contributed by atoms with Crippen LogP contribution in [-0.4, -0.2) is 82.3 Å². The van der Waals surface area contributed by atoms with E-state index in [-0.39, 0.29) is 16.8 Å². The number of hydrogen-bond donors (Lipinski definition) is 3. The second-order valence-electron chi connectivity index (χ2n) is 18.8. The molecule has 4 aliphatic rings. The molecule has 42 nitrogen and oxygen atoms in total. The third-order valence-corrected chi connectivity index (χ3v) is 14.0. The topological polar surface area (TPSA) is 591 Å². The van der Waals surface area contributed by atoms with Gasteiger partial charge in [0.25, 0.3) is 0 Å². The summed E-state index contributed by atoms with van der Waals surface area (Å²) in [7, 11) is 0. The van der Waals surface area contributed by atoms with Gasteiger partial charge in [-0.15, -0.1) is 0 Å². The molecule has 0 saturated heterocycles. The van der Waals surface area contributed by atoms with Crippen LogP contribution in [0.4, 0.5) is 68.2 Å². The van der Waals surface area contributed by atoms with Crippen molar-refractivity contribution in [2.45, 2.75) is 18.1 Å². The van der Waals surface area contributed by atoms with Crippen molar-refractivity contribution in [3.05, 3.63) is 287 Å². The Morgan fingerprint density at radius 1 is 0.256 bits per heavy atom. The van der Waals surface area contributed by atoms with Gasteiger partial charge in [0.1, 0.15) is 17.4 Å². The molecule has 1 aliphatic carbocycles. The number of nitro groups is 12. The zero-order valence-corrected chi connectivity index (χ0v) is 43.6. The van der Waals surface area contributed by atoms with E-state index in [2.05, 4.69) is 16.0 Å². The summed E-state index contributed by atoms with van der Waals surface area (Å²) < 4.78 is 0. The van der Waals surface area contributed by atoms with Crippen molar-refractivity contribution in [2.75, 3.05) is 0 Å². The molecular weight excluding hydrogens is 1210 g/mol. The van der Waals surface area contributed by atoms with E-state index in [1.54, 1.807) is 0 Å². The summed E-state index contributed by atoms with van der Waals surface area (Å²) in [4.78, 5) is 149. The van der Waals surface area contributed by atoms with Gasteiger partial charge in [-0.1, -0.05) is 0 Å².